The van der Waals surface area contributed by atoms with E-state index in [1.807, 2.05) is 13.0 Å². The van der Waals surface area contributed by atoms with Crippen molar-refractivity contribution in [2.45, 2.75) is 33.6 Å². The van der Waals surface area contributed by atoms with E-state index >= 15 is 0 Å². The van der Waals surface area contributed by atoms with E-state index in [4.69, 9.17) is 0 Å². The number of benzene rings is 3. The molecule has 1 heteroatoms. The van der Waals surface area contributed by atoms with E-state index in [9.17, 15) is 0 Å². The Morgan fingerprint density at radius 3 is 1.97 bits per heavy atom. The summed E-state index contributed by atoms with van der Waals surface area (Å²) in [6.07, 6.45) is 8.20. The minimum absolute atomic E-state index is 0.345. The van der Waals surface area contributed by atoms with Gasteiger partial charge in [-0.2, -0.15) is 0 Å². The monoisotopic (exact) mass is 498 g/mol. The summed E-state index contributed by atoms with van der Waals surface area (Å²) in [5, 5.41) is 0. The molecule has 3 rings (SSSR count). The molecule has 0 aromatic heterocycles. The quantitative estimate of drug-likeness (QED) is 0.224. The first-order valence-electron chi connectivity index (χ1n) is 11.3. The second-order valence-electron chi connectivity index (χ2n) is 8.36. The normalized spacial score (nSPS) is 12.4. The predicted octanol–water partition coefficient (Wildman–Crippen LogP) is 10.3. The van der Waals surface area contributed by atoms with Crippen molar-refractivity contribution in [2.75, 3.05) is 0 Å². The van der Waals surface area contributed by atoms with E-state index in [1.54, 1.807) is 6.08 Å². The molecule has 0 fully saturated rings. The molecule has 0 aliphatic carbocycles. The van der Waals surface area contributed by atoms with E-state index in [1.165, 1.54) is 33.4 Å². The first-order valence-corrected chi connectivity index (χ1v) is 12.1. The van der Waals surface area contributed by atoms with Crippen molar-refractivity contribution in [3.05, 3.63) is 132 Å². The van der Waals surface area contributed by atoms with Crippen LogP contribution in [0.15, 0.2) is 121 Å². The molecule has 0 nitrogen and oxygen atoms in total. The maximum absolute atomic E-state index is 4.01. The number of rotatable bonds is 7. The van der Waals surface area contributed by atoms with E-state index in [2.05, 4.69) is 135 Å². The first kappa shape index (κ1) is 26.4. The fourth-order valence-corrected chi connectivity index (χ4v) is 3.88. The van der Waals surface area contributed by atoms with Gasteiger partial charge in [0.2, 0.25) is 0 Å². The molecule has 0 N–H and O–H groups in total. The van der Waals surface area contributed by atoms with E-state index in [0.29, 0.717) is 11.8 Å². The van der Waals surface area contributed by atoms with Crippen molar-refractivity contribution in [3.8, 4) is 22.3 Å². The summed E-state index contributed by atoms with van der Waals surface area (Å²) < 4.78 is 1.10. The molecule has 0 bridgehead atoms. The Labute approximate surface area is 209 Å². The highest BCUT2D eigenvalue weighted by Gasteiger charge is 2.17. The summed E-state index contributed by atoms with van der Waals surface area (Å²) in [5.74, 6) is 0.733. The van der Waals surface area contributed by atoms with Crippen molar-refractivity contribution in [2.24, 2.45) is 5.92 Å². The number of halogens is 1. The summed E-state index contributed by atoms with van der Waals surface area (Å²) >= 11 is 3.52. The zero-order valence-electron chi connectivity index (χ0n) is 20.3. The van der Waals surface area contributed by atoms with E-state index in [0.717, 1.165) is 10.0 Å². The SMILES string of the molecule is C=CC(=C)C.C=CC(C)C(/C=C\C)c1cc(-c2cccc(-c3ccc(Br)cc3)c2)ccc1C. The average Bonchev–Trinajstić information content (AvgIpc) is 2.83. The highest BCUT2D eigenvalue weighted by atomic mass is 79.9. The lowest BCUT2D eigenvalue weighted by Gasteiger charge is -2.21. The lowest BCUT2D eigenvalue weighted by atomic mass is 9.83. The molecule has 0 aliphatic rings. The second-order valence-corrected chi connectivity index (χ2v) is 9.27. The Balaban J connectivity index is 0.000000696. The van der Waals surface area contributed by atoms with Crippen LogP contribution in [-0.2, 0) is 0 Å². The molecular formula is C32H35Br. The van der Waals surface area contributed by atoms with Gasteiger partial charge in [0, 0.05) is 10.4 Å². The molecule has 0 aliphatic heterocycles. The van der Waals surface area contributed by atoms with Crippen molar-refractivity contribution in [1.29, 1.82) is 0 Å². The van der Waals surface area contributed by atoms with Gasteiger partial charge in [0.15, 0.2) is 0 Å². The number of hydrogen-bond acceptors (Lipinski definition) is 0. The smallest absolute Gasteiger partial charge is 0.0175 e. The van der Waals surface area contributed by atoms with Gasteiger partial charge in [0.25, 0.3) is 0 Å². The van der Waals surface area contributed by atoms with Crippen LogP contribution < -0.4 is 0 Å². The van der Waals surface area contributed by atoms with Crippen LogP contribution in [0.5, 0.6) is 0 Å². The van der Waals surface area contributed by atoms with Gasteiger partial charge in [-0.15, -0.1) is 6.58 Å². The van der Waals surface area contributed by atoms with Gasteiger partial charge in [-0.3, -0.25) is 0 Å². The molecule has 0 saturated heterocycles. The van der Waals surface area contributed by atoms with Gasteiger partial charge >= 0.3 is 0 Å². The Bertz CT molecular complexity index is 1120. The molecule has 2 unspecified atom stereocenters. The fraction of sp³-hybridized carbons (Fsp3) is 0.188. The molecule has 0 radical (unpaired) electrons. The summed E-state index contributed by atoms with van der Waals surface area (Å²) in [7, 11) is 0. The summed E-state index contributed by atoms with van der Waals surface area (Å²) in [5.41, 5.74) is 8.67. The largest absolute Gasteiger partial charge is 0.103 e. The third-order valence-electron chi connectivity index (χ3n) is 5.70. The van der Waals surface area contributed by atoms with Crippen molar-refractivity contribution in [1.82, 2.24) is 0 Å². The van der Waals surface area contributed by atoms with Gasteiger partial charge in [-0.05, 0) is 78.3 Å². The van der Waals surface area contributed by atoms with Crippen molar-refractivity contribution < 1.29 is 0 Å². The molecule has 0 saturated carbocycles. The van der Waals surface area contributed by atoms with Crippen LogP contribution >= 0.6 is 15.9 Å². The third-order valence-corrected chi connectivity index (χ3v) is 6.23. The van der Waals surface area contributed by atoms with Crippen LogP contribution in [0.2, 0.25) is 0 Å². The van der Waals surface area contributed by atoms with Gasteiger partial charge in [-0.1, -0.05) is 114 Å². The lowest BCUT2D eigenvalue weighted by molar-refractivity contribution is 0.640. The summed E-state index contributed by atoms with van der Waals surface area (Å²) in [4.78, 5) is 0. The van der Waals surface area contributed by atoms with Crippen LogP contribution in [0.1, 0.15) is 37.8 Å². The minimum atomic E-state index is 0.345. The highest BCUT2D eigenvalue weighted by Crippen LogP contribution is 2.34. The molecule has 0 spiro atoms. The van der Waals surface area contributed by atoms with Gasteiger partial charge in [0.1, 0.15) is 0 Å². The molecule has 3 aromatic carbocycles. The Morgan fingerprint density at radius 1 is 0.879 bits per heavy atom. The second kappa shape index (κ2) is 13.0. The number of hydrogen-bond donors (Lipinski definition) is 0. The molecule has 3 aromatic rings. The molecule has 170 valence electrons. The summed E-state index contributed by atoms with van der Waals surface area (Å²) in [6.45, 7) is 19.5. The van der Waals surface area contributed by atoms with Crippen molar-refractivity contribution in [3.63, 3.8) is 0 Å². The molecule has 0 heterocycles. The molecule has 2 atom stereocenters. The standard InChI is InChI=1S/C27H27Br.C5H8/c1-5-8-26(19(3)6-2)27-18-24(12-11-20(27)4)23-10-7-9-22(17-23)21-13-15-25(28)16-14-21;1-4-5(2)3/h5-19,26H,2H2,1,3-4H3;4H,1-2H2,3H3/b8-5-;. The van der Waals surface area contributed by atoms with E-state index < -0.39 is 0 Å². The van der Waals surface area contributed by atoms with Crippen LogP contribution in [0.3, 0.4) is 0 Å². The minimum Gasteiger partial charge on any atom is -0.103 e. The van der Waals surface area contributed by atoms with Crippen LogP contribution in [-0.4, -0.2) is 0 Å². The Kier molecular flexibility index (Phi) is 10.4. The lowest BCUT2D eigenvalue weighted by Crippen LogP contribution is -2.07. The Hall–Kier alpha value is -2.90. The molecular weight excluding hydrogens is 464 g/mol. The van der Waals surface area contributed by atoms with Gasteiger partial charge < -0.3 is 0 Å². The van der Waals surface area contributed by atoms with Gasteiger partial charge in [-0.25, -0.2) is 0 Å². The van der Waals surface area contributed by atoms with Crippen LogP contribution in [0.4, 0.5) is 0 Å². The zero-order valence-corrected chi connectivity index (χ0v) is 21.9. The highest BCUT2D eigenvalue weighted by molar-refractivity contribution is 9.10. The first-order chi connectivity index (χ1) is 15.8. The fourth-order valence-electron chi connectivity index (χ4n) is 3.62. The Morgan fingerprint density at radius 2 is 1.42 bits per heavy atom. The maximum Gasteiger partial charge on any atom is 0.0175 e. The van der Waals surface area contributed by atoms with Gasteiger partial charge in [0.05, 0.1) is 0 Å². The zero-order chi connectivity index (χ0) is 24.4. The average molecular weight is 500 g/mol. The van der Waals surface area contributed by atoms with Crippen LogP contribution in [0, 0.1) is 12.8 Å². The molecule has 33 heavy (non-hydrogen) atoms. The number of allylic oxidation sites excluding steroid dienone is 5. The third kappa shape index (κ3) is 7.58. The molecule has 0 amide bonds. The number of aryl methyl sites for hydroxylation is 1. The van der Waals surface area contributed by atoms with E-state index in [-0.39, 0.29) is 0 Å². The summed E-state index contributed by atoms with van der Waals surface area (Å²) in [6, 6.07) is 24.1. The predicted molar refractivity (Wildman–Crippen MR) is 152 cm³/mol. The van der Waals surface area contributed by atoms with Crippen molar-refractivity contribution >= 4 is 15.9 Å². The van der Waals surface area contributed by atoms with Crippen LogP contribution in [0.25, 0.3) is 22.3 Å². The maximum atomic E-state index is 4.01. The topological polar surface area (TPSA) is 0 Å².